The summed E-state index contributed by atoms with van der Waals surface area (Å²) in [5, 5.41) is 2.00. The topological polar surface area (TPSA) is 26.5 Å². The summed E-state index contributed by atoms with van der Waals surface area (Å²) >= 11 is 1.55. The molecule has 1 unspecified atom stereocenters. The molecule has 5 heteroatoms. The number of hydrogen-bond acceptors (Lipinski definition) is 3. The second-order valence-corrected chi connectivity index (χ2v) is 7.87. The van der Waals surface area contributed by atoms with E-state index in [1.165, 1.54) is 11.6 Å². The minimum Gasteiger partial charge on any atom is -0.376 e. The molecule has 1 saturated heterocycles. The average Bonchev–Trinajstić information content (AvgIpc) is 3.30. The van der Waals surface area contributed by atoms with Crippen LogP contribution in [-0.2, 0) is 11.3 Å². The van der Waals surface area contributed by atoms with Crippen molar-refractivity contribution in [1.82, 2.24) is 4.57 Å². The lowest BCUT2D eigenvalue weighted by molar-refractivity contribution is 0.0967. The predicted molar refractivity (Wildman–Crippen MR) is 108 cm³/mol. The molecule has 1 aliphatic rings. The largest absolute Gasteiger partial charge is 0.376 e. The third-order valence-corrected chi connectivity index (χ3v) is 5.80. The molecule has 27 heavy (non-hydrogen) atoms. The molecule has 0 saturated carbocycles. The summed E-state index contributed by atoms with van der Waals surface area (Å²) in [7, 11) is 0. The molecule has 0 radical (unpaired) electrons. The van der Waals surface area contributed by atoms with Crippen LogP contribution >= 0.6 is 11.3 Å². The highest BCUT2D eigenvalue weighted by molar-refractivity contribution is 7.07. The molecule has 2 heterocycles. The number of thiazole rings is 1. The first-order chi connectivity index (χ1) is 13.1. The van der Waals surface area contributed by atoms with Gasteiger partial charge in [-0.25, -0.2) is 9.38 Å². The summed E-state index contributed by atoms with van der Waals surface area (Å²) in [6.45, 7) is 5.62. The third-order valence-electron chi connectivity index (χ3n) is 4.94. The lowest BCUT2D eigenvalue weighted by Gasteiger charge is -2.14. The van der Waals surface area contributed by atoms with Crippen molar-refractivity contribution in [2.24, 2.45) is 4.99 Å². The first kappa shape index (κ1) is 18.1. The number of nitrogens with zero attached hydrogens (tertiary/aromatic N) is 2. The normalized spacial score (nSPS) is 17.6. The third kappa shape index (κ3) is 3.89. The smallest absolute Gasteiger partial charge is 0.190 e. The van der Waals surface area contributed by atoms with Gasteiger partial charge in [-0.05, 0) is 56.0 Å². The number of rotatable bonds is 4. The molecule has 1 atom stereocenters. The molecule has 0 bridgehead atoms. The molecular formula is C22H23FN2OS. The van der Waals surface area contributed by atoms with Gasteiger partial charge in [-0.15, -0.1) is 11.3 Å². The maximum absolute atomic E-state index is 14.5. The molecule has 0 N–H and O–H groups in total. The maximum atomic E-state index is 14.5. The highest BCUT2D eigenvalue weighted by Gasteiger charge is 2.20. The molecule has 0 spiro atoms. The van der Waals surface area contributed by atoms with E-state index in [0.717, 1.165) is 41.2 Å². The fourth-order valence-corrected chi connectivity index (χ4v) is 4.34. The van der Waals surface area contributed by atoms with Crippen LogP contribution in [0.25, 0.3) is 11.3 Å². The lowest BCUT2D eigenvalue weighted by Crippen LogP contribution is -2.24. The van der Waals surface area contributed by atoms with Gasteiger partial charge in [0.15, 0.2) is 4.80 Å². The van der Waals surface area contributed by atoms with Crippen molar-refractivity contribution in [2.75, 3.05) is 6.61 Å². The summed E-state index contributed by atoms with van der Waals surface area (Å²) in [6.07, 6.45) is 2.26. The number of halogens is 1. The van der Waals surface area contributed by atoms with Crippen LogP contribution in [-0.4, -0.2) is 17.3 Å². The first-order valence-electron chi connectivity index (χ1n) is 9.28. The second kappa shape index (κ2) is 7.79. The molecule has 3 aromatic rings. The van der Waals surface area contributed by atoms with E-state index in [1.807, 2.05) is 17.5 Å². The molecule has 2 aromatic carbocycles. The van der Waals surface area contributed by atoms with Crippen LogP contribution in [0.5, 0.6) is 0 Å². The van der Waals surface area contributed by atoms with Gasteiger partial charge in [-0.2, -0.15) is 0 Å². The average molecular weight is 383 g/mol. The van der Waals surface area contributed by atoms with Crippen LogP contribution in [0.15, 0.2) is 52.8 Å². The Bertz CT molecular complexity index is 1020. The quantitative estimate of drug-likeness (QED) is 0.595. The Kier molecular flexibility index (Phi) is 5.23. The van der Waals surface area contributed by atoms with Crippen LogP contribution in [0, 0.1) is 19.7 Å². The van der Waals surface area contributed by atoms with E-state index in [9.17, 15) is 4.39 Å². The Morgan fingerprint density at radius 1 is 1.22 bits per heavy atom. The number of benzene rings is 2. The Labute approximate surface area is 162 Å². The summed E-state index contributed by atoms with van der Waals surface area (Å²) in [6, 6.07) is 13.2. The molecule has 1 aliphatic heterocycles. The van der Waals surface area contributed by atoms with Crippen molar-refractivity contribution in [3.63, 3.8) is 0 Å². The van der Waals surface area contributed by atoms with Crippen LogP contribution in [0.1, 0.15) is 24.0 Å². The molecule has 0 aliphatic carbocycles. The van der Waals surface area contributed by atoms with E-state index < -0.39 is 0 Å². The molecular weight excluding hydrogens is 359 g/mol. The zero-order chi connectivity index (χ0) is 18.8. The van der Waals surface area contributed by atoms with Gasteiger partial charge in [-0.1, -0.05) is 24.3 Å². The highest BCUT2D eigenvalue weighted by atomic mass is 32.1. The van der Waals surface area contributed by atoms with Gasteiger partial charge >= 0.3 is 0 Å². The molecule has 3 nitrogen and oxygen atoms in total. The van der Waals surface area contributed by atoms with Crippen molar-refractivity contribution in [1.29, 1.82) is 0 Å². The fourth-order valence-electron chi connectivity index (χ4n) is 3.41. The number of aryl methyl sites for hydroxylation is 2. The van der Waals surface area contributed by atoms with Gasteiger partial charge < -0.3 is 9.30 Å². The molecule has 0 amide bonds. The lowest BCUT2D eigenvalue weighted by atomic mass is 10.1. The number of ether oxygens (including phenoxy) is 1. The monoisotopic (exact) mass is 382 g/mol. The van der Waals surface area contributed by atoms with Crippen LogP contribution in [0.3, 0.4) is 0 Å². The second-order valence-electron chi connectivity index (χ2n) is 7.03. The van der Waals surface area contributed by atoms with Gasteiger partial charge in [0.25, 0.3) is 0 Å². The van der Waals surface area contributed by atoms with Gasteiger partial charge in [-0.3, -0.25) is 0 Å². The van der Waals surface area contributed by atoms with E-state index in [2.05, 4.69) is 36.6 Å². The molecule has 1 fully saturated rings. The van der Waals surface area contributed by atoms with E-state index in [-0.39, 0.29) is 11.9 Å². The van der Waals surface area contributed by atoms with Gasteiger partial charge in [0, 0.05) is 17.6 Å². The zero-order valence-electron chi connectivity index (χ0n) is 15.6. The Balaban J connectivity index is 1.85. The summed E-state index contributed by atoms with van der Waals surface area (Å²) in [5.74, 6) is -0.213. The SMILES string of the molecule is Cc1ccc(C)c(N=c2scc(-c3ccccc3F)n2CC2CCCO2)c1. The Morgan fingerprint density at radius 3 is 2.85 bits per heavy atom. The van der Waals surface area contributed by atoms with E-state index >= 15 is 0 Å². The van der Waals surface area contributed by atoms with Crippen LogP contribution in [0.2, 0.25) is 0 Å². The minimum atomic E-state index is -0.213. The standard InChI is InChI=1S/C22H23FN2OS/c1-15-9-10-16(2)20(12-15)24-22-25(13-17-6-5-11-26-17)21(14-27-22)18-7-3-4-8-19(18)23/h3-4,7-10,12,14,17H,5-6,11,13H2,1-2H3. The number of hydrogen-bond donors (Lipinski definition) is 0. The van der Waals surface area contributed by atoms with Crippen molar-refractivity contribution in [2.45, 2.75) is 39.3 Å². The van der Waals surface area contributed by atoms with Crippen molar-refractivity contribution >= 4 is 17.0 Å². The Hall–Kier alpha value is -2.24. The van der Waals surface area contributed by atoms with Gasteiger partial charge in [0.2, 0.25) is 0 Å². The summed E-state index contributed by atoms with van der Waals surface area (Å²) in [5.41, 5.74) is 4.73. The predicted octanol–water partition coefficient (Wildman–Crippen LogP) is 5.38. The number of aromatic nitrogens is 1. The van der Waals surface area contributed by atoms with E-state index in [0.29, 0.717) is 12.1 Å². The Morgan fingerprint density at radius 2 is 2.07 bits per heavy atom. The van der Waals surface area contributed by atoms with Crippen molar-refractivity contribution in [3.8, 4) is 11.3 Å². The highest BCUT2D eigenvalue weighted by Crippen LogP contribution is 2.26. The van der Waals surface area contributed by atoms with Crippen LogP contribution in [0.4, 0.5) is 10.1 Å². The van der Waals surface area contributed by atoms with Gasteiger partial charge in [0.1, 0.15) is 5.82 Å². The first-order valence-corrected chi connectivity index (χ1v) is 10.2. The molecule has 140 valence electrons. The molecule has 4 rings (SSSR count). The zero-order valence-corrected chi connectivity index (χ0v) is 16.4. The summed E-state index contributed by atoms with van der Waals surface area (Å²) < 4.78 is 22.4. The van der Waals surface area contributed by atoms with E-state index in [1.54, 1.807) is 17.4 Å². The van der Waals surface area contributed by atoms with Gasteiger partial charge in [0.05, 0.1) is 24.0 Å². The van der Waals surface area contributed by atoms with Crippen molar-refractivity contribution < 1.29 is 9.13 Å². The van der Waals surface area contributed by atoms with Crippen LogP contribution < -0.4 is 4.80 Å². The molecule has 1 aromatic heterocycles. The fraction of sp³-hybridized carbons (Fsp3) is 0.318. The maximum Gasteiger partial charge on any atom is 0.190 e. The van der Waals surface area contributed by atoms with E-state index in [4.69, 9.17) is 9.73 Å². The minimum absolute atomic E-state index is 0.155. The summed E-state index contributed by atoms with van der Waals surface area (Å²) in [4.78, 5) is 5.80. The van der Waals surface area contributed by atoms with Crippen molar-refractivity contribution in [3.05, 3.63) is 69.6 Å².